The summed E-state index contributed by atoms with van der Waals surface area (Å²) >= 11 is 0. The van der Waals surface area contributed by atoms with E-state index in [0.29, 0.717) is 0 Å². The lowest BCUT2D eigenvalue weighted by atomic mass is 10.5. The minimum Gasteiger partial charge on any atom is -0.394 e. The number of hydrogen-bond donors (Lipinski definition) is 4. The highest BCUT2D eigenvalue weighted by Gasteiger charge is 2.27. The number of aliphatic hydroxyl groups excluding tert-OH is 2. The number of amides is 1. The Morgan fingerprint density at radius 1 is 1.43 bits per heavy atom. The summed E-state index contributed by atoms with van der Waals surface area (Å²) in [5.41, 5.74) is 2.20. The fourth-order valence-corrected chi connectivity index (χ4v) is 3.01. The van der Waals surface area contributed by atoms with Gasteiger partial charge in [-0.25, -0.2) is 0 Å². The summed E-state index contributed by atoms with van der Waals surface area (Å²) in [6.45, 7) is -0.256. The Kier molecular flexibility index (Phi) is 8.38. The first-order valence-electron chi connectivity index (χ1n) is 6.94. The second-order valence-electron chi connectivity index (χ2n) is 4.74. The summed E-state index contributed by atoms with van der Waals surface area (Å²) < 4.78 is 16.7. The van der Waals surface area contributed by atoms with Crippen LogP contribution in [-0.2, 0) is 23.7 Å². The summed E-state index contributed by atoms with van der Waals surface area (Å²) in [5, 5.41) is 17.9. The lowest BCUT2D eigenvalue weighted by Crippen LogP contribution is -2.36. The van der Waals surface area contributed by atoms with E-state index >= 15 is 0 Å². The molecule has 11 heteroatoms. The van der Waals surface area contributed by atoms with Gasteiger partial charge in [-0.1, -0.05) is 0 Å². The summed E-state index contributed by atoms with van der Waals surface area (Å²) in [6, 6.07) is 0. The number of aliphatic hydroxyl groups is 2. The highest BCUT2D eigenvalue weighted by Crippen LogP contribution is 2.41. The first-order valence-corrected chi connectivity index (χ1v) is 8.97. The third-order valence-corrected chi connectivity index (χ3v) is 4.77. The monoisotopic (exact) mass is 352 g/mol. The Morgan fingerprint density at radius 2 is 2.17 bits per heavy atom. The lowest BCUT2D eigenvalue weighted by molar-refractivity contribution is -0.155. The van der Waals surface area contributed by atoms with Crippen LogP contribution in [0, 0.1) is 0 Å². The molecule has 0 saturated heterocycles. The minimum absolute atomic E-state index is 0.0803. The van der Waals surface area contributed by atoms with Gasteiger partial charge in [-0.3, -0.25) is 14.2 Å². The second kappa shape index (κ2) is 9.76. The summed E-state index contributed by atoms with van der Waals surface area (Å²) in [6.07, 6.45) is 0.584. The van der Waals surface area contributed by atoms with Crippen molar-refractivity contribution in [3.8, 4) is 0 Å². The molecule has 0 bridgehead atoms. The van der Waals surface area contributed by atoms with E-state index in [0.717, 1.165) is 4.90 Å². The van der Waals surface area contributed by atoms with Gasteiger partial charge in [-0.15, -0.1) is 5.48 Å². The first kappa shape index (κ1) is 19.8. The van der Waals surface area contributed by atoms with Gasteiger partial charge in [0.15, 0.2) is 0 Å². The van der Waals surface area contributed by atoms with Crippen molar-refractivity contribution in [3.63, 3.8) is 0 Å². The van der Waals surface area contributed by atoms with Crippen molar-refractivity contribution < 1.29 is 38.8 Å². The van der Waals surface area contributed by atoms with Crippen LogP contribution in [0.25, 0.3) is 0 Å². The number of carbonyl (C=O) groups excluding carboxylic acids is 2. The van der Waals surface area contributed by atoms with Gasteiger partial charge in [0.1, 0.15) is 13.0 Å². The molecular formula is C12H21N2O8P. The van der Waals surface area contributed by atoms with Crippen molar-refractivity contribution in [1.29, 1.82) is 0 Å². The van der Waals surface area contributed by atoms with Crippen molar-refractivity contribution in [3.05, 3.63) is 12.2 Å². The van der Waals surface area contributed by atoms with Gasteiger partial charge >= 0.3 is 5.97 Å². The second-order valence-corrected chi connectivity index (χ2v) is 7.33. The van der Waals surface area contributed by atoms with Crippen LogP contribution in [0.3, 0.4) is 0 Å². The molecule has 0 radical (unpaired) electrons. The fourth-order valence-electron chi connectivity index (χ4n) is 1.72. The topological polar surface area (TPSA) is 146 Å². The Labute approximate surface area is 133 Å². The zero-order valence-corrected chi connectivity index (χ0v) is 13.4. The van der Waals surface area contributed by atoms with Crippen LogP contribution in [0.4, 0.5) is 0 Å². The maximum Gasteiger partial charge on any atom is 0.325 e. The number of rotatable bonds is 11. The largest absolute Gasteiger partial charge is 0.394 e. The van der Waals surface area contributed by atoms with Crippen LogP contribution < -0.4 is 5.48 Å². The lowest BCUT2D eigenvalue weighted by Gasteiger charge is -2.21. The van der Waals surface area contributed by atoms with Crippen LogP contribution in [0.15, 0.2) is 12.2 Å². The molecule has 0 aromatic carbocycles. The molecule has 1 amide bonds. The zero-order chi connectivity index (χ0) is 17.3. The number of ether oxygens (including phenoxy) is 1. The molecule has 23 heavy (non-hydrogen) atoms. The number of hydrogen-bond acceptors (Lipinski definition) is 8. The Hall–Kier alpha value is -1.29. The number of nitrogens with zero attached hydrogens (tertiary/aromatic N) is 1. The van der Waals surface area contributed by atoms with Crippen molar-refractivity contribution in [1.82, 2.24) is 10.4 Å². The van der Waals surface area contributed by atoms with Crippen LogP contribution in [0.5, 0.6) is 0 Å². The van der Waals surface area contributed by atoms with E-state index in [-0.39, 0.29) is 45.2 Å². The highest BCUT2D eigenvalue weighted by atomic mass is 31.2. The Balaban J connectivity index is 2.20. The minimum atomic E-state index is -3.63. The van der Waals surface area contributed by atoms with E-state index in [1.54, 1.807) is 0 Å². The average molecular weight is 352 g/mol. The zero-order valence-electron chi connectivity index (χ0n) is 12.5. The number of carbonyl (C=O) groups is 2. The van der Waals surface area contributed by atoms with E-state index in [2.05, 4.69) is 10.3 Å². The molecule has 0 saturated carbocycles. The predicted molar refractivity (Wildman–Crippen MR) is 78.2 cm³/mol. The standard InChI is InChI=1S/C12H21N2O8P/c15-5-6-21-9-13-22-12(18)3-7-23(19,20)8-4-14-10(16)1-2-11(14)17/h1-2,10,13,15-16H,3-9H2,(H,19,20). The van der Waals surface area contributed by atoms with Gasteiger partial charge in [-0.2, -0.15) is 0 Å². The molecule has 2 atom stereocenters. The molecular weight excluding hydrogens is 331 g/mol. The average Bonchev–Trinajstić information content (AvgIpc) is 2.82. The SMILES string of the molecule is O=C(CCP(=O)(O)CCN1C(=O)C=CC1O)ONCOCCO. The molecule has 1 heterocycles. The smallest absolute Gasteiger partial charge is 0.325 e. The first-order chi connectivity index (χ1) is 10.9. The van der Waals surface area contributed by atoms with Gasteiger partial charge in [0.2, 0.25) is 13.3 Å². The van der Waals surface area contributed by atoms with Crippen LogP contribution in [-0.4, -0.2) is 76.9 Å². The molecule has 0 aliphatic carbocycles. The van der Waals surface area contributed by atoms with Gasteiger partial charge in [0.25, 0.3) is 0 Å². The van der Waals surface area contributed by atoms with Crippen molar-refractivity contribution in [2.24, 2.45) is 0 Å². The molecule has 2 unspecified atom stereocenters. The van der Waals surface area contributed by atoms with Crippen molar-refractivity contribution in [2.75, 3.05) is 38.8 Å². The molecule has 10 nitrogen and oxygen atoms in total. The quantitative estimate of drug-likeness (QED) is 0.149. The molecule has 1 rings (SSSR count). The molecule has 4 N–H and O–H groups in total. The molecule has 0 aromatic heterocycles. The van der Waals surface area contributed by atoms with Crippen molar-refractivity contribution >= 4 is 19.2 Å². The number of hydroxylamine groups is 1. The fraction of sp³-hybridized carbons (Fsp3) is 0.667. The van der Waals surface area contributed by atoms with E-state index < -0.39 is 25.5 Å². The maximum absolute atomic E-state index is 11.9. The van der Waals surface area contributed by atoms with Crippen LogP contribution >= 0.6 is 7.37 Å². The van der Waals surface area contributed by atoms with Gasteiger partial charge < -0.3 is 29.6 Å². The van der Waals surface area contributed by atoms with E-state index in [1.165, 1.54) is 12.2 Å². The molecule has 1 aliphatic rings. The number of nitrogens with one attached hydrogen (secondary N) is 1. The Bertz CT molecular complexity index is 484. The van der Waals surface area contributed by atoms with E-state index in [9.17, 15) is 24.2 Å². The Morgan fingerprint density at radius 3 is 2.78 bits per heavy atom. The molecule has 0 spiro atoms. The molecule has 132 valence electrons. The maximum atomic E-state index is 11.9. The predicted octanol–water partition coefficient (Wildman–Crippen LogP) is -1.62. The van der Waals surface area contributed by atoms with Gasteiger partial charge in [0.05, 0.1) is 19.6 Å². The van der Waals surface area contributed by atoms with Gasteiger partial charge in [0, 0.05) is 24.9 Å². The molecule has 0 aromatic rings. The highest BCUT2D eigenvalue weighted by molar-refractivity contribution is 7.58. The molecule has 0 fully saturated rings. The summed E-state index contributed by atoms with van der Waals surface area (Å²) in [7, 11) is -3.63. The summed E-state index contributed by atoms with van der Waals surface area (Å²) in [4.78, 5) is 38.1. The van der Waals surface area contributed by atoms with Crippen molar-refractivity contribution in [2.45, 2.75) is 12.6 Å². The van der Waals surface area contributed by atoms with E-state index in [4.69, 9.17) is 9.84 Å². The van der Waals surface area contributed by atoms with Gasteiger partial charge in [-0.05, 0) is 6.08 Å². The summed E-state index contributed by atoms with van der Waals surface area (Å²) in [5.74, 6) is -1.16. The van der Waals surface area contributed by atoms with E-state index in [1.807, 2.05) is 0 Å². The third-order valence-electron chi connectivity index (χ3n) is 2.95. The molecule has 1 aliphatic heterocycles. The normalized spacial score (nSPS) is 19.9. The third kappa shape index (κ3) is 7.69. The van der Waals surface area contributed by atoms with Crippen LogP contribution in [0.1, 0.15) is 6.42 Å². The van der Waals surface area contributed by atoms with Crippen LogP contribution in [0.2, 0.25) is 0 Å².